The Bertz CT molecular complexity index is 3130. The Morgan fingerprint density at radius 3 is 1.57 bits per heavy atom. The largest absolute Gasteiger partial charge is 0.277 e. The highest BCUT2D eigenvalue weighted by Gasteiger charge is 2.25. The smallest absolute Gasteiger partial charge is 0.235 e. The van der Waals surface area contributed by atoms with E-state index in [1.54, 1.807) is 0 Å². The van der Waals surface area contributed by atoms with Crippen molar-refractivity contribution in [2.45, 2.75) is 0 Å². The first-order valence-electron chi connectivity index (χ1n) is 18.3. The van der Waals surface area contributed by atoms with E-state index in [0.29, 0.717) is 5.95 Å². The Labute approximate surface area is 316 Å². The highest BCUT2D eigenvalue weighted by Crippen LogP contribution is 2.50. The molecule has 3 heterocycles. The molecule has 11 aromatic rings. The normalized spacial score (nSPS) is 11.7. The van der Waals surface area contributed by atoms with Gasteiger partial charge in [-0.25, -0.2) is 9.97 Å². The molecule has 0 unspecified atom stereocenters. The summed E-state index contributed by atoms with van der Waals surface area (Å²) in [5.74, 6) is 0.651. The fourth-order valence-electron chi connectivity index (χ4n) is 8.15. The third kappa shape index (κ3) is 4.81. The summed E-state index contributed by atoms with van der Waals surface area (Å²) in [6.45, 7) is 0. The Morgan fingerprint density at radius 1 is 0.370 bits per heavy atom. The minimum Gasteiger partial charge on any atom is -0.277 e. The minimum atomic E-state index is 0.651. The predicted octanol–water partition coefficient (Wildman–Crippen LogP) is 13.8. The van der Waals surface area contributed by atoms with Crippen LogP contribution in [-0.2, 0) is 0 Å². The van der Waals surface area contributed by atoms with Crippen LogP contribution in [-0.4, -0.2) is 14.5 Å². The molecule has 3 aromatic heterocycles. The van der Waals surface area contributed by atoms with Gasteiger partial charge < -0.3 is 0 Å². The fraction of sp³-hybridized carbons (Fsp3) is 0. The molecule has 11 rings (SSSR count). The first kappa shape index (κ1) is 30.7. The van der Waals surface area contributed by atoms with Crippen molar-refractivity contribution in [2.24, 2.45) is 0 Å². The average Bonchev–Trinajstić information content (AvgIpc) is 3.81. The van der Waals surface area contributed by atoms with E-state index in [2.05, 4.69) is 180 Å². The molecule has 0 aliphatic rings. The van der Waals surface area contributed by atoms with Crippen molar-refractivity contribution in [3.05, 3.63) is 188 Å². The first-order chi connectivity index (χ1) is 26.8. The van der Waals surface area contributed by atoms with Crippen LogP contribution >= 0.6 is 11.3 Å². The molecule has 54 heavy (non-hydrogen) atoms. The fourth-order valence-corrected chi connectivity index (χ4v) is 9.53. The Kier molecular flexibility index (Phi) is 7.04. The van der Waals surface area contributed by atoms with E-state index >= 15 is 0 Å². The zero-order valence-electron chi connectivity index (χ0n) is 29.1. The van der Waals surface area contributed by atoms with Gasteiger partial charge in [-0.1, -0.05) is 170 Å². The zero-order chi connectivity index (χ0) is 35.6. The molecule has 0 aliphatic carbocycles. The van der Waals surface area contributed by atoms with Gasteiger partial charge in [0.2, 0.25) is 5.95 Å². The van der Waals surface area contributed by atoms with Crippen LogP contribution in [0.2, 0.25) is 0 Å². The topological polar surface area (TPSA) is 30.7 Å². The standard InChI is InChI=1S/C50H31N3S/c1-5-16-32(17-6-1)36-28-29-44-41(30-36)45-38-24-13-14-25-39(38)49-46(40-27-15-26-37(48(40)54-49)33-18-7-2-8-19-33)47(45)53(44)50-51-42(34-20-9-3-10-21-34)31-43(52-50)35-22-11-4-12-23-35/h1-31H. The molecular formula is C50H31N3S. The van der Waals surface area contributed by atoms with E-state index < -0.39 is 0 Å². The molecule has 0 fully saturated rings. The van der Waals surface area contributed by atoms with E-state index in [1.807, 2.05) is 23.5 Å². The van der Waals surface area contributed by atoms with E-state index in [0.717, 1.165) is 33.5 Å². The SMILES string of the molecule is c1ccc(-c2ccc3c(c2)c2c4ccccc4c4sc5c(-c6ccccc6)cccc5c4c2n3-c2nc(-c3ccccc3)cc(-c3ccccc3)n2)cc1. The molecule has 0 N–H and O–H groups in total. The van der Waals surface area contributed by atoms with Gasteiger partial charge in [-0.3, -0.25) is 4.57 Å². The lowest BCUT2D eigenvalue weighted by molar-refractivity contribution is 0.998. The number of nitrogens with zero attached hydrogens (tertiary/aromatic N) is 3. The van der Waals surface area contributed by atoms with Crippen LogP contribution < -0.4 is 0 Å². The van der Waals surface area contributed by atoms with Crippen molar-refractivity contribution in [1.29, 1.82) is 0 Å². The van der Waals surface area contributed by atoms with Crippen molar-refractivity contribution < 1.29 is 0 Å². The van der Waals surface area contributed by atoms with E-state index in [9.17, 15) is 0 Å². The number of aromatic nitrogens is 3. The summed E-state index contributed by atoms with van der Waals surface area (Å²) in [6.07, 6.45) is 0. The lowest BCUT2D eigenvalue weighted by Crippen LogP contribution is -2.04. The number of fused-ring (bicyclic) bond motifs is 10. The zero-order valence-corrected chi connectivity index (χ0v) is 30.0. The van der Waals surface area contributed by atoms with E-state index in [-0.39, 0.29) is 0 Å². The molecule has 0 aliphatic heterocycles. The van der Waals surface area contributed by atoms with Gasteiger partial charge in [0, 0.05) is 47.5 Å². The van der Waals surface area contributed by atoms with Crippen LogP contribution in [0.5, 0.6) is 0 Å². The maximum absolute atomic E-state index is 5.42. The predicted molar refractivity (Wildman–Crippen MR) is 229 cm³/mol. The van der Waals surface area contributed by atoms with Crippen molar-refractivity contribution in [2.75, 3.05) is 0 Å². The third-order valence-corrected chi connectivity index (χ3v) is 11.9. The summed E-state index contributed by atoms with van der Waals surface area (Å²) in [7, 11) is 0. The summed E-state index contributed by atoms with van der Waals surface area (Å²) in [6, 6.07) is 67.0. The lowest BCUT2D eigenvalue weighted by Gasteiger charge is -2.13. The van der Waals surface area contributed by atoms with Gasteiger partial charge in [-0.2, -0.15) is 0 Å². The van der Waals surface area contributed by atoms with Gasteiger partial charge in [0.15, 0.2) is 0 Å². The highest BCUT2D eigenvalue weighted by atomic mass is 32.1. The van der Waals surface area contributed by atoms with Crippen LogP contribution in [0.1, 0.15) is 0 Å². The molecule has 0 radical (unpaired) electrons. The first-order valence-corrected chi connectivity index (χ1v) is 19.1. The van der Waals surface area contributed by atoms with E-state index in [4.69, 9.17) is 9.97 Å². The maximum Gasteiger partial charge on any atom is 0.235 e. The molecule has 4 heteroatoms. The molecule has 0 spiro atoms. The number of rotatable bonds is 5. The van der Waals surface area contributed by atoms with Gasteiger partial charge in [0.25, 0.3) is 0 Å². The number of thiophene rings is 1. The third-order valence-electron chi connectivity index (χ3n) is 10.6. The molecule has 3 nitrogen and oxygen atoms in total. The summed E-state index contributed by atoms with van der Waals surface area (Å²) >= 11 is 1.89. The minimum absolute atomic E-state index is 0.651. The van der Waals surface area contributed by atoms with Gasteiger partial charge in [0.1, 0.15) is 0 Å². The molecule has 0 saturated heterocycles. The van der Waals surface area contributed by atoms with Gasteiger partial charge >= 0.3 is 0 Å². The number of benzene rings is 8. The molecule has 252 valence electrons. The molecule has 0 atom stereocenters. The second-order valence-electron chi connectivity index (χ2n) is 13.7. The Hall–Kier alpha value is -6.88. The lowest BCUT2D eigenvalue weighted by atomic mass is 9.97. The molecule has 0 bridgehead atoms. The van der Waals surface area contributed by atoms with Crippen LogP contribution in [0.15, 0.2) is 188 Å². The van der Waals surface area contributed by atoms with Crippen LogP contribution in [0.3, 0.4) is 0 Å². The van der Waals surface area contributed by atoms with Gasteiger partial charge in [-0.15, -0.1) is 11.3 Å². The van der Waals surface area contributed by atoms with Crippen molar-refractivity contribution >= 4 is 64.1 Å². The van der Waals surface area contributed by atoms with Crippen molar-refractivity contribution in [3.63, 3.8) is 0 Å². The highest BCUT2D eigenvalue weighted by molar-refractivity contribution is 7.27. The van der Waals surface area contributed by atoms with Gasteiger partial charge in [-0.05, 0) is 45.8 Å². The number of hydrogen-bond acceptors (Lipinski definition) is 3. The molecular weight excluding hydrogens is 675 g/mol. The maximum atomic E-state index is 5.42. The van der Waals surface area contributed by atoms with Crippen molar-refractivity contribution in [1.82, 2.24) is 14.5 Å². The van der Waals surface area contributed by atoms with Gasteiger partial charge in [0.05, 0.1) is 22.4 Å². The molecule has 0 amide bonds. The second kappa shape index (κ2) is 12.4. The summed E-state index contributed by atoms with van der Waals surface area (Å²) in [5, 5.41) is 7.34. The molecule has 0 saturated carbocycles. The Morgan fingerprint density at radius 2 is 0.926 bits per heavy atom. The second-order valence-corrected chi connectivity index (χ2v) is 14.7. The average molecular weight is 706 g/mol. The summed E-state index contributed by atoms with van der Waals surface area (Å²) in [5.41, 5.74) is 10.9. The van der Waals surface area contributed by atoms with Crippen LogP contribution in [0, 0.1) is 0 Å². The van der Waals surface area contributed by atoms with E-state index in [1.165, 1.54) is 64.0 Å². The number of hydrogen-bond donors (Lipinski definition) is 0. The van der Waals surface area contributed by atoms with Crippen LogP contribution in [0.25, 0.3) is 103 Å². The Balaban J connectivity index is 1.35. The summed E-state index contributed by atoms with van der Waals surface area (Å²) in [4.78, 5) is 10.8. The summed E-state index contributed by atoms with van der Waals surface area (Å²) < 4.78 is 4.89. The van der Waals surface area contributed by atoms with Crippen LogP contribution in [0.4, 0.5) is 0 Å². The molecule has 8 aromatic carbocycles. The monoisotopic (exact) mass is 705 g/mol. The van der Waals surface area contributed by atoms with Crippen molar-refractivity contribution in [3.8, 4) is 50.7 Å². The quantitative estimate of drug-likeness (QED) is 0.178.